The Morgan fingerprint density at radius 3 is 2.75 bits per heavy atom. The second kappa shape index (κ2) is 10.3. The van der Waals surface area contributed by atoms with Gasteiger partial charge < -0.3 is 10.1 Å². The second-order valence-electron chi connectivity index (χ2n) is 7.00. The summed E-state index contributed by atoms with van der Waals surface area (Å²) in [6, 6.07) is 12.6. The zero-order chi connectivity index (χ0) is 22.3. The number of hydrogen-bond donors (Lipinski definition) is 3. The fraction of sp³-hybridized carbons (Fsp3) is 0.238. The van der Waals surface area contributed by atoms with E-state index in [4.69, 9.17) is 5.11 Å². The highest BCUT2D eigenvalue weighted by Crippen LogP contribution is 2.24. The molecule has 0 unspecified atom stereocenters. The molecule has 0 aliphatic rings. The van der Waals surface area contributed by atoms with Crippen molar-refractivity contribution in [3.63, 3.8) is 0 Å². The average molecular weight is 469 g/mol. The standard InChI is InChI=1S/C21H20N6O3S2/c28-18-12-16(13-5-4-6-14(11-13)19-24-26-27-25-19)22-21(23-18)31-10-3-1-2-7-15-8-9-17(32-15)20(29)30/h4-6,8-9,11-12H,1-3,7,10H2,(H,29,30)(H,22,23,28)(H,24,25,26,27). The topological polar surface area (TPSA) is 138 Å². The fourth-order valence-electron chi connectivity index (χ4n) is 3.13. The second-order valence-corrected chi connectivity index (χ2v) is 9.25. The number of unbranched alkanes of at least 4 members (excludes halogenated alkanes) is 2. The number of thiophene rings is 1. The van der Waals surface area contributed by atoms with Crippen molar-refractivity contribution < 1.29 is 9.90 Å². The third-order valence-electron chi connectivity index (χ3n) is 4.68. The number of nitrogens with zero attached hydrogens (tertiary/aromatic N) is 4. The van der Waals surface area contributed by atoms with Crippen molar-refractivity contribution in [1.82, 2.24) is 30.6 Å². The summed E-state index contributed by atoms with van der Waals surface area (Å²) < 4.78 is 0. The van der Waals surface area contributed by atoms with Crippen molar-refractivity contribution in [2.24, 2.45) is 0 Å². The van der Waals surface area contributed by atoms with E-state index in [-0.39, 0.29) is 5.56 Å². The Labute approximate surface area is 191 Å². The van der Waals surface area contributed by atoms with Gasteiger partial charge in [-0.25, -0.2) is 14.9 Å². The van der Waals surface area contributed by atoms with Crippen molar-refractivity contribution in [3.05, 3.63) is 62.6 Å². The van der Waals surface area contributed by atoms with Gasteiger partial charge in [0.1, 0.15) is 4.88 Å². The molecule has 1 aromatic carbocycles. The van der Waals surface area contributed by atoms with E-state index in [9.17, 15) is 9.59 Å². The average Bonchev–Trinajstić information content (AvgIpc) is 3.48. The third kappa shape index (κ3) is 5.68. The Hall–Kier alpha value is -3.31. The minimum atomic E-state index is -0.872. The number of rotatable bonds is 10. The Morgan fingerprint density at radius 1 is 1.09 bits per heavy atom. The number of aromatic amines is 2. The first-order valence-corrected chi connectivity index (χ1v) is 11.8. The summed E-state index contributed by atoms with van der Waals surface area (Å²) in [5.41, 5.74) is 2.02. The lowest BCUT2D eigenvalue weighted by molar-refractivity contribution is 0.0702. The molecule has 4 aromatic rings. The largest absolute Gasteiger partial charge is 0.477 e. The number of tetrazole rings is 1. The van der Waals surface area contributed by atoms with Crippen LogP contribution in [0.2, 0.25) is 0 Å². The van der Waals surface area contributed by atoms with E-state index >= 15 is 0 Å². The summed E-state index contributed by atoms with van der Waals surface area (Å²) in [6.45, 7) is 0. The van der Waals surface area contributed by atoms with Crippen LogP contribution in [-0.4, -0.2) is 47.4 Å². The molecule has 3 heterocycles. The Kier molecular flexibility index (Phi) is 7.07. The minimum absolute atomic E-state index is 0.198. The van der Waals surface area contributed by atoms with Crippen LogP contribution in [0.1, 0.15) is 33.8 Å². The SMILES string of the molecule is O=C(O)c1ccc(CCCCCSc2nc(-c3cccc(-c4nnn[nH]4)c3)cc(=O)[nH]2)s1. The van der Waals surface area contributed by atoms with Gasteiger partial charge in [0, 0.05) is 27.8 Å². The maximum Gasteiger partial charge on any atom is 0.345 e. The van der Waals surface area contributed by atoms with Gasteiger partial charge in [-0.05, 0) is 47.9 Å². The summed E-state index contributed by atoms with van der Waals surface area (Å²) in [7, 11) is 0. The quantitative estimate of drug-likeness (QED) is 0.181. The lowest BCUT2D eigenvalue weighted by atomic mass is 10.1. The summed E-state index contributed by atoms with van der Waals surface area (Å²) in [4.78, 5) is 32.0. The summed E-state index contributed by atoms with van der Waals surface area (Å²) >= 11 is 2.85. The van der Waals surface area contributed by atoms with E-state index < -0.39 is 5.97 Å². The molecule has 0 radical (unpaired) electrons. The van der Waals surface area contributed by atoms with Gasteiger partial charge in [-0.1, -0.05) is 36.4 Å². The third-order valence-corrected chi connectivity index (χ3v) is 6.77. The molecule has 0 fully saturated rings. The smallest absolute Gasteiger partial charge is 0.345 e. The predicted octanol–water partition coefficient (Wildman–Crippen LogP) is 3.88. The zero-order valence-electron chi connectivity index (χ0n) is 16.9. The molecule has 164 valence electrons. The first kappa shape index (κ1) is 21.9. The number of carboxylic acids is 1. The van der Waals surface area contributed by atoms with Gasteiger partial charge in [0.05, 0.1) is 5.69 Å². The molecule has 11 heteroatoms. The highest BCUT2D eigenvalue weighted by atomic mass is 32.2. The van der Waals surface area contributed by atoms with Crippen molar-refractivity contribution >= 4 is 29.1 Å². The van der Waals surface area contributed by atoms with E-state index in [1.807, 2.05) is 30.3 Å². The number of thioether (sulfide) groups is 1. The highest BCUT2D eigenvalue weighted by molar-refractivity contribution is 7.99. The van der Waals surface area contributed by atoms with Gasteiger partial charge in [0.25, 0.3) is 5.56 Å². The molecular formula is C21H20N6O3S2. The van der Waals surface area contributed by atoms with E-state index in [0.29, 0.717) is 21.6 Å². The van der Waals surface area contributed by atoms with Gasteiger partial charge in [-0.15, -0.1) is 16.4 Å². The molecule has 0 spiro atoms. The number of benzene rings is 1. The molecule has 4 rings (SSSR count). The van der Waals surface area contributed by atoms with Gasteiger partial charge in [0.2, 0.25) is 0 Å². The molecular weight excluding hydrogens is 448 g/mol. The molecule has 0 saturated heterocycles. The lowest BCUT2D eigenvalue weighted by Crippen LogP contribution is -2.08. The van der Waals surface area contributed by atoms with Crippen LogP contribution in [0.5, 0.6) is 0 Å². The monoisotopic (exact) mass is 468 g/mol. The van der Waals surface area contributed by atoms with Crippen LogP contribution in [-0.2, 0) is 6.42 Å². The molecule has 0 atom stereocenters. The van der Waals surface area contributed by atoms with Crippen LogP contribution < -0.4 is 5.56 Å². The van der Waals surface area contributed by atoms with E-state index in [0.717, 1.165) is 47.4 Å². The number of H-pyrrole nitrogens is 2. The van der Waals surface area contributed by atoms with Gasteiger partial charge >= 0.3 is 5.97 Å². The highest BCUT2D eigenvalue weighted by Gasteiger charge is 2.09. The van der Waals surface area contributed by atoms with Crippen molar-refractivity contribution in [1.29, 1.82) is 0 Å². The Morgan fingerprint density at radius 2 is 1.97 bits per heavy atom. The summed E-state index contributed by atoms with van der Waals surface area (Å²) in [5, 5.41) is 23.4. The number of aryl methyl sites for hydroxylation is 1. The summed E-state index contributed by atoms with van der Waals surface area (Å²) in [6.07, 6.45) is 3.87. The lowest BCUT2D eigenvalue weighted by Gasteiger charge is -2.06. The molecule has 0 aliphatic carbocycles. The van der Waals surface area contributed by atoms with Gasteiger partial charge in [-0.3, -0.25) is 4.79 Å². The van der Waals surface area contributed by atoms with Crippen LogP contribution in [0, 0.1) is 0 Å². The van der Waals surface area contributed by atoms with Crippen LogP contribution >= 0.6 is 23.1 Å². The van der Waals surface area contributed by atoms with Gasteiger partial charge in [0.15, 0.2) is 11.0 Å². The number of carbonyl (C=O) groups is 1. The number of nitrogens with one attached hydrogen (secondary N) is 2. The summed E-state index contributed by atoms with van der Waals surface area (Å²) in [5.74, 6) is 0.511. The zero-order valence-corrected chi connectivity index (χ0v) is 18.6. The normalized spacial score (nSPS) is 11.0. The van der Waals surface area contributed by atoms with Crippen molar-refractivity contribution in [2.75, 3.05) is 5.75 Å². The molecule has 9 nitrogen and oxygen atoms in total. The maximum atomic E-state index is 12.2. The van der Waals surface area contributed by atoms with Crippen LogP contribution in [0.25, 0.3) is 22.6 Å². The number of carboxylic acid groups (broad SMARTS) is 1. The molecule has 0 saturated carbocycles. The molecule has 0 amide bonds. The van der Waals surface area contributed by atoms with E-state index in [1.54, 1.807) is 6.07 Å². The first-order chi connectivity index (χ1) is 15.6. The van der Waals surface area contributed by atoms with Crippen molar-refractivity contribution in [3.8, 4) is 22.6 Å². The molecule has 32 heavy (non-hydrogen) atoms. The molecule has 0 aliphatic heterocycles. The maximum absolute atomic E-state index is 12.2. The number of aromatic nitrogens is 6. The first-order valence-electron chi connectivity index (χ1n) is 9.99. The van der Waals surface area contributed by atoms with E-state index in [1.165, 1.54) is 29.2 Å². The number of aromatic carboxylic acids is 1. The molecule has 3 aromatic heterocycles. The fourth-order valence-corrected chi connectivity index (χ4v) is 4.90. The Balaban J connectivity index is 1.31. The van der Waals surface area contributed by atoms with Crippen LogP contribution in [0.4, 0.5) is 0 Å². The van der Waals surface area contributed by atoms with Gasteiger partial charge in [-0.2, -0.15) is 0 Å². The molecule has 0 bridgehead atoms. The minimum Gasteiger partial charge on any atom is -0.477 e. The molecule has 3 N–H and O–H groups in total. The number of hydrogen-bond acceptors (Lipinski definition) is 8. The predicted molar refractivity (Wildman–Crippen MR) is 123 cm³/mol. The van der Waals surface area contributed by atoms with Crippen LogP contribution in [0.3, 0.4) is 0 Å². The van der Waals surface area contributed by atoms with E-state index in [2.05, 4.69) is 30.6 Å². The Bertz CT molecular complexity index is 1250. The van der Waals surface area contributed by atoms with Crippen molar-refractivity contribution in [2.45, 2.75) is 30.8 Å². The van der Waals surface area contributed by atoms with Crippen LogP contribution in [0.15, 0.2) is 52.4 Å².